The van der Waals surface area contributed by atoms with Crippen molar-refractivity contribution in [2.45, 2.75) is 119 Å². The summed E-state index contributed by atoms with van der Waals surface area (Å²) in [5.74, 6) is -0.0139. The number of carbonyl (C=O) groups excluding carboxylic acids is 2. The number of hydrogen-bond donors (Lipinski definition) is 8. The van der Waals surface area contributed by atoms with Gasteiger partial charge in [-0.25, -0.2) is 48.3 Å². The molecule has 6 aromatic rings. The molecule has 4 amide bonds. The molecular formula is C46H64F2N12O6. The van der Waals surface area contributed by atoms with Crippen LogP contribution in [0.25, 0.3) is 44.3 Å². The van der Waals surface area contributed by atoms with Crippen LogP contribution in [-0.4, -0.2) is 88.5 Å². The molecule has 0 radical (unpaired) electrons. The number of urea groups is 2. The van der Waals surface area contributed by atoms with E-state index in [0.717, 1.165) is 12.8 Å². The van der Waals surface area contributed by atoms with E-state index in [1.165, 1.54) is 24.8 Å². The monoisotopic (exact) mass is 919 g/mol. The van der Waals surface area contributed by atoms with Gasteiger partial charge >= 0.3 is 12.1 Å². The molecule has 0 saturated carbocycles. The zero-order valence-corrected chi connectivity index (χ0v) is 37.2. The largest absolute Gasteiger partial charge is 0.382 e. The molecular weight excluding hydrogens is 855 g/mol. The normalized spacial score (nSPS) is 15.7. The molecule has 0 unspecified atom stereocenters. The molecule has 8 rings (SSSR count). The van der Waals surface area contributed by atoms with Crippen LogP contribution in [0.5, 0.6) is 0 Å². The topological polar surface area (TPSA) is 250 Å². The molecule has 358 valence electrons. The number of carbonyl (C=O) groups is 2. The number of imidazole rings is 2. The number of aliphatic hydroxyl groups is 2. The Balaban J connectivity index is 0.000000270. The Morgan fingerprint density at radius 2 is 1.03 bits per heavy atom. The van der Waals surface area contributed by atoms with E-state index in [1.54, 1.807) is 53.7 Å². The molecule has 2 atom stereocenters. The SMILES string of the molecule is C.C.CC.CCNC(=O)Nc1nc2c([C@H]3CCCO3)c(F)c(-c3cnc(C(C)(C)O)nc3)cc2[nH]1.CCNC(=O)Nc1nc2c([C@H]3CCCO3)c(F)c(-c3cnc(C(C)(C)O)nc3)cc2[nH]1. The van der Waals surface area contributed by atoms with Gasteiger partial charge in [-0.2, -0.15) is 0 Å². The minimum Gasteiger partial charge on any atom is -0.382 e. The van der Waals surface area contributed by atoms with Gasteiger partial charge in [0.1, 0.15) is 22.8 Å². The maximum atomic E-state index is 15.7. The Bertz CT molecular complexity index is 2380. The van der Waals surface area contributed by atoms with Crippen LogP contribution in [0.2, 0.25) is 0 Å². The molecule has 20 heteroatoms. The average Bonchev–Trinajstić information content (AvgIpc) is 4.10. The van der Waals surface area contributed by atoms with Gasteiger partial charge in [0.15, 0.2) is 11.6 Å². The van der Waals surface area contributed by atoms with Crippen molar-refractivity contribution in [1.29, 1.82) is 0 Å². The number of halogens is 2. The summed E-state index contributed by atoms with van der Waals surface area (Å²) in [6.45, 7) is 16.0. The Hall–Kier alpha value is -6.22. The Morgan fingerprint density at radius 3 is 1.32 bits per heavy atom. The summed E-state index contributed by atoms with van der Waals surface area (Å²) >= 11 is 0. The lowest BCUT2D eigenvalue weighted by Crippen LogP contribution is -2.28. The molecule has 8 N–H and O–H groups in total. The molecule has 2 fully saturated rings. The van der Waals surface area contributed by atoms with Gasteiger partial charge in [-0.3, -0.25) is 10.6 Å². The number of hydrogen-bond acceptors (Lipinski definition) is 12. The van der Waals surface area contributed by atoms with Crippen LogP contribution in [0.4, 0.5) is 30.3 Å². The standard InChI is InChI=1S/2C21H25FN6O3.C2H6.2CH4/c2*1-4-23-20(29)28-19-26-13-8-12(11-9-24-18(25-10-11)21(2,3)30)16(22)15(17(13)27-19)14-6-5-7-31-14;1-2;;/h2*8-10,14,30H,4-7H2,1-3H3,(H3,23,26,27,28,29);1-2H3;2*1H4/t2*14-;;;/m11.../s1. The second-order valence-corrected chi connectivity index (χ2v) is 15.9. The molecule has 2 saturated heterocycles. The lowest BCUT2D eigenvalue weighted by molar-refractivity contribution is 0.0682. The van der Waals surface area contributed by atoms with Gasteiger partial charge in [0.2, 0.25) is 11.9 Å². The zero-order valence-electron chi connectivity index (χ0n) is 37.2. The van der Waals surface area contributed by atoms with E-state index in [2.05, 4.69) is 61.1 Å². The van der Waals surface area contributed by atoms with Crippen LogP contribution in [0, 0.1) is 11.6 Å². The van der Waals surface area contributed by atoms with Crippen LogP contribution in [0.15, 0.2) is 36.9 Å². The third-order valence-electron chi connectivity index (χ3n) is 10.2. The van der Waals surface area contributed by atoms with Gasteiger partial charge < -0.3 is 40.3 Å². The minimum absolute atomic E-state index is 0. The summed E-state index contributed by atoms with van der Waals surface area (Å²) in [6, 6.07) is 2.41. The van der Waals surface area contributed by atoms with E-state index >= 15 is 8.78 Å². The number of fused-ring (bicyclic) bond motifs is 2. The van der Waals surface area contributed by atoms with E-state index in [9.17, 15) is 19.8 Å². The van der Waals surface area contributed by atoms with E-state index < -0.39 is 47.1 Å². The van der Waals surface area contributed by atoms with Gasteiger partial charge in [-0.15, -0.1) is 0 Å². The van der Waals surface area contributed by atoms with Gasteiger partial charge in [-0.1, -0.05) is 28.7 Å². The van der Waals surface area contributed by atoms with E-state index in [4.69, 9.17) is 9.47 Å². The van der Waals surface area contributed by atoms with Crippen molar-refractivity contribution >= 4 is 46.0 Å². The van der Waals surface area contributed by atoms with Gasteiger partial charge in [0.25, 0.3) is 0 Å². The number of nitrogens with zero attached hydrogens (tertiary/aromatic N) is 6. The van der Waals surface area contributed by atoms with E-state index in [-0.39, 0.29) is 49.5 Å². The van der Waals surface area contributed by atoms with Crippen LogP contribution in [0.3, 0.4) is 0 Å². The lowest BCUT2D eigenvalue weighted by atomic mass is 9.98. The van der Waals surface area contributed by atoms with Crippen molar-refractivity contribution in [2.24, 2.45) is 0 Å². The summed E-state index contributed by atoms with van der Waals surface area (Å²) in [7, 11) is 0. The Labute approximate surface area is 383 Å². The third-order valence-corrected chi connectivity index (χ3v) is 10.2. The second-order valence-electron chi connectivity index (χ2n) is 15.9. The summed E-state index contributed by atoms with van der Waals surface area (Å²) in [4.78, 5) is 55.4. The molecule has 2 aliphatic rings. The van der Waals surface area contributed by atoms with Crippen molar-refractivity contribution in [1.82, 2.24) is 50.5 Å². The van der Waals surface area contributed by atoms with Gasteiger partial charge in [0.05, 0.1) is 34.3 Å². The van der Waals surface area contributed by atoms with Crippen molar-refractivity contribution in [3.63, 3.8) is 0 Å². The number of nitrogens with one attached hydrogen (secondary N) is 6. The first kappa shape index (κ1) is 52.4. The molecule has 0 aliphatic carbocycles. The molecule has 6 heterocycles. The molecule has 2 aromatic carbocycles. The molecule has 18 nitrogen and oxygen atoms in total. The number of ether oxygens (including phenoxy) is 2. The maximum absolute atomic E-state index is 15.7. The number of rotatable bonds is 10. The summed E-state index contributed by atoms with van der Waals surface area (Å²) in [6.07, 6.45) is 8.07. The maximum Gasteiger partial charge on any atom is 0.321 e. The molecule has 66 heavy (non-hydrogen) atoms. The Kier molecular flexibility index (Phi) is 17.7. The number of aromatic nitrogens is 8. The second kappa shape index (κ2) is 22.3. The van der Waals surface area contributed by atoms with Crippen LogP contribution >= 0.6 is 0 Å². The first-order valence-corrected chi connectivity index (χ1v) is 21.4. The predicted octanol–water partition coefficient (Wildman–Crippen LogP) is 9.06. The van der Waals surface area contributed by atoms with Gasteiger partial charge in [-0.05, 0) is 79.4 Å². The highest BCUT2D eigenvalue weighted by molar-refractivity contribution is 5.93. The first-order valence-electron chi connectivity index (χ1n) is 21.4. The van der Waals surface area contributed by atoms with Gasteiger partial charge in [0, 0.05) is 84.5 Å². The van der Waals surface area contributed by atoms with Crippen molar-refractivity contribution in [3.05, 3.63) is 71.3 Å². The highest BCUT2D eigenvalue weighted by Crippen LogP contribution is 2.41. The van der Waals surface area contributed by atoms with Crippen LogP contribution in [0.1, 0.15) is 131 Å². The summed E-state index contributed by atoms with van der Waals surface area (Å²) < 4.78 is 43.0. The molecule has 2 aliphatic heterocycles. The molecule has 0 spiro atoms. The zero-order chi connectivity index (χ0) is 46.3. The number of aromatic amines is 2. The number of H-pyrrole nitrogens is 2. The Morgan fingerprint density at radius 1 is 0.682 bits per heavy atom. The highest BCUT2D eigenvalue weighted by atomic mass is 19.1. The van der Waals surface area contributed by atoms with E-state index in [0.29, 0.717) is 83.5 Å². The first-order chi connectivity index (χ1) is 30.5. The fourth-order valence-electron chi connectivity index (χ4n) is 7.23. The minimum atomic E-state index is -1.20. The number of amides is 4. The predicted molar refractivity (Wildman–Crippen MR) is 251 cm³/mol. The fraction of sp³-hybridized carbons (Fsp3) is 0.478. The van der Waals surface area contributed by atoms with Crippen molar-refractivity contribution in [3.8, 4) is 22.3 Å². The molecule has 0 bridgehead atoms. The third kappa shape index (κ3) is 11.8. The highest BCUT2D eigenvalue weighted by Gasteiger charge is 2.31. The van der Waals surface area contributed by atoms with Crippen LogP contribution in [-0.2, 0) is 20.7 Å². The summed E-state index contributed by atoms with van der Waals surface area (Å²) in [5, 5.41) is 30.7. The fourth-order valence-corrected chi connectivity index (χ4v) is 7.23. The summed E-state index contributed by atoms with van der Waals surface area (Å²) in [5.41, 5.74) is 1.71. The average molecular weight is 919 g/mol. The smallest absolute Gasteiger partial charge is 0.321 e. The quantitative estimate of drug-likeness (QED) is 0.0641. The van der Waals surface area contributed by atoms with Crippen molar-refractivity contribution in [2.75, 3.05) is 36.9 Å². The van der Waals surface area contributed by atoms with E-state index in [1.807, 2.05) is 13.8 Å². The lowest BCUT2D eigenvalue weighted by Gasteiger charge is -2.17. The van der Waals surface area contributed by atoms with Crippen LogP contribution < -0.4 is 21.3 Å². The molecule has 4 aromatic heterocycles. The number of benzene rings is 2. The van der Waals surface area contributed by atoms with Crippen molar-refractivity contribution < 1.29 is 38.1 Å². The number of anilines is 2.